The number of hydrogen-bond donors (Lipinski definition) is 1. The first kappa shape index (κ1) is 20.3. The van der Waals surface area contributed by atoms with E-state index in [0.717, 1.165) is 17.4 Å². The Hall–Kier alpha value is -2.98. The SMILES string of the molecule is CS(=O)(=O)CNc1ccc(CC(=O)CC(=O)Cc2ccc(C#N)cc2)cc1. The van der Waals surface area contributed by atoms with Gasteiger partial charge in [0, 0.05) is 24.8 Å². The molecule has 2 rings (SSSR count). The Morgan fingerprint density at radius 3 is 1.85 bits per heavy atom. The lowest BCUT2D eigenvalue weighted by Gasteiger charge is -2.06. The third-order valence-corrected chi connectivity index (χ3v) is 4.44. The summed E-state index contributed by atoms with van der Waals surface area (Å²) in [5.41, 5.74) is 2.70. The van der Waals surface area contributed by atoms with Crippen molar-refractivity contribution in [1.82, 2.24) is 0 Å². The monoisotopic (exact) mass is 384 g/mol. The lowest BCUT2D eigenvalue weighted by Crippen LogP contribution is -2.13. The highest BCUT2D eigenvalue weighted by molar-refractivity contribution is 7.90. The topological polar surface area (TPSA) is 104 Å². The second-order valence-electron chi connectivity index (χ2n) is 6.36. The summed E-state index contributed by atoms with van der Waals surface area (Å²) in [7, 11) is -3.11. The molecule has 27 heavy (non-hydrogen) atoms. The summed E-state index contributed by atoms with van der Waals surface area (Å²) >= 11 is 0. The fourth-order valence-electron chi connectivity index (χ4n) is 2.45. The number of nitriles is 1. The highest BCUT2D eigenvalue weighted by Gasteiger charge is 2.11. The van der Waals surface area contributed by atoms with Crippen molar-refractivity contribution in [2.45, 2.75) is 19.3 Å². The third kappa shape index (κ3) is 7.42. The van der Waals surface area contributed by atoms with E-state index in [-0.39, 0.29) is 36.7 Å². The molecule has 0 saturated carbocycles. The van der Waals surface area contributed by atoms with Crippen molar-refractivity contribution >= 4 is 27.1 Å². The number of ketones is 2. The van der Waals surface area contributed by atoms with Crippen LogP contribution in [0.3, 0.4) is 0 Å². The summed E-state index contributed by atoms with van der Waals surface area (Å²) in [6.45, 7) is 0. The van der Waals surface area contributed by atoms with Crippen LogP contribution in [0.25, 0.3) is 0 Å². The molecule has 0 aromatic heterocycles. The van der Waals surface area contributed by atoms with Gasteiger partial charge < -0.3 is 5.32 Å². The van der Waals surface area contributed by atoms with E-state index in [2.05, 4.69) is 5.32 Å². The van der Waals surface area contributed by atoms with Crippen LogP contribution in [-0.4, -0.2) is 32.1 Å². The highest BCUT2D eigenvalue weighted by Crippen LogP contribution is 2.12. The Bertz CT molecular complexity index is 957. The molecule has 2 aromatic rings. The third-order valence-electron chi connectivity index (χ3n) is 3.77. The Morgan fingerprint density at radius 2 is 1.41 bits per heavy atom. The van der Waals surface area contributed by atoms with Gasteiger partial charge in [0.25, 0.3) is 0 Å². The van der Waals surface area contributed by atoms with Crippen LogP contribution in [0.15, 0.2) is 48.5 Å². The van der Waals surface area contributed by atoms with Crippen LogP contribution in [0.4, 0.5) is 5.69 Å². The van der Waals surface area contributed by atoms with Crippen LogP contribution in [-0.2, 0) is 32.3 Å². The molecule has 0 fully saturated rings. The van der Waals surface area contributed by atoms with Gasteiger partial charge in [0.15, 0.2) is 9.84 Å². The van der Waals surface area contributed by atoms with E-state index in [9.17, 15) is 18.0 Å². The summed E-state index contributed by atoms with van der Waals surface area (Å²) in [5.74, 6) is -0.503. The van der Waals surface area contributed by atoms with E-state index >= 15 is 0 Å². The minimum absolute atomic E-state index is 0.144. The van der Waals surface area contributed by atoms with Crippen molar-refractivity contribution in [1.29, 1.82) is 5.26 Å². The first-order chi connectivity index (χ1) is 12.7. The van der Waals surface area contributed by atoms with Crippen molar-refractivity contribution in [2.75, 3.05) is 17.4 Å². The number of carbonyl (C=O) groups excluding carboxylic acids is 2. The molecule has 7 heteroatoms. The molecule has 0 atom stereocenters. The Labute approximate surface area is 158 Å². The van der Waals surface area contributed by atoms with Gasteiger partial charge in [0.1, 0.15) is 17.4 Å². The minimum Gasteiger partial charge on any atom is -0.372 e. The maximum absolute atomic E-state index is 12.1. The number of Topliss-reactive ketones (excluding diaryl/α,β-unsaturated/α-hetero) is 2. The molecule has 6 nitrogen and oxygen atoms in total. The lowest BCUT2D eigenvalue weighted by molar-refractivity contribution is -0.126. The molecule has 0 amide bonds. The van der Waals surface area contributed by atoms with E-state index in [1.54, 1.807) is 48.5 Å². The van der Waals surface area contributed by atoms with Gasteiger partial charge in [-0.25, -0.2) is 8.42 Å². The van der Waals surface area contributed by atoms with Crippen LogP contribution in [0.2, 0.25) is 0 Å². The first-order valence-corrected chi connectivity index (χ1v) is 10.3. The summed E-state index contributed by atoms with van der Waals surface area (Å²) in [5, 5.41) is 11.5. The standard InChI is InChI=1S/C20H20N2O4S/c1-27(25,26)14-22-18-8-6-16(7-9-18)11-20(24)12-19(23)10-15-2-4-17(13-21)5-3-15/h2-9,22H,10-12,14H2,1H3. The maximum Gasteiger partial charge on any atom is 0.165 e. The Kier molecular flexibility index (Phi) is 6.85. The van der Waals surface area contributed by atoms with Crippen molar-refractivity contribution in [3.63, 3.8) is 0 Å². The van der Waals surface area contributed by atoms with Gasteiger partial charge in [-0.1, -0.05) is 24.3 Å². The molecule has 140 valence electrons. The van der Waals surface area contributed by atoms with Crippen molar-refractivity contribution < 1.29 is 18.0 Å². The predicted octanol–water partition coefficient (Wildman–Crippen LogP) is 2.29. The number of anilines is 1. The molecule has 1 N–H and O–H groups in total. The van der Waals surface area contributed by atoms with Gasteiger partial charge in [0.05, 0.1) is 18.1 Å². The molecule has 0 saturated heterocycles. The number of carbonyl (C=O) groups is 2. The molecule has 2 aromatic carbocycles. The van der Waals surface area contributed by atoms with Crippen LogP contribution in [0, 0.1) is 11.3 Å². The largest absolute Gasteiger partial charge is 0.372 e. The van der Waals surface area contributed by atoms with E-state index in [4.69, 9.17) is 5.26 Å². The van der Waals surface area contributed by atoms with Crippen LogP contribution >= 0.6 is 0 Å². The lowest BCUT2D eigenvalue weighted by atomic mass is 10.0. The van der Waals surface area contributed by atoms with E-state index < -0.39 is 9.84 Å². The molecular formula is C20H20N2O4S. The average molecular weight is 384 g/mol. The van der Waals surface area contributed by atoms with Gasteiger partial charge in [-0.15, -0.1) is 0 Å². The summed E-state index contributed by atoms with van der Waals surface area (Å²) in [6, 6.07) is 15.6. The average Bonchev–Trinajstić information content (AvgIpc) is 2.61. The summed E-state index contributed by atoms with van der Waals surface area (Å²) < 4.78 is 22.3. The molecule has 0 aliphatic heterocycles. The summed E-state index contributed by atoms with van der Waals surface area (Å²) in [4.78, 5) is 24.1. The first-order valence-electron chi connectivity index (χ1n) is 8.28. The quantitative estimate of drug-likeness (QED) is 0.665. The zero-order valence-corrected chi connectivity index (χ0v) is 15.8. The molecule has 0 spiro atoms. The van der Waals surface area contributed by atoms with Crippen molar-refractivity contribution in [3.8, 4) is 6.07 Å². The van der Waals surface area contributed by atoms with Crippen molar-refractivity contribution in [2.24, 2.45) is 0 Å². The maximum atomic E-state index is 12.1. The van der Waals surface area contributed by atoms with E-state index in [1.807, 2.05) is 6.07 Å². The Morgan fingerprint density at radius 1 is 0.926 bits per heavy atom. The highest BCUT2D eigenvalue weighted by atomic mass is 32.2. The van der Waals surface area contributed by atoms with Gasteiger partial charge >= 0.3 is 0 Å². The number of nitrogens with zero attached hydrogens (tertiary/aromatic N) is 1. The second-order valence-corrected chi connectivity index (χ2v) is 8.50. The fraction of sp³-hybridized carbons (Fsp3) is 0.250. The number of sulfone groups is 1. The van der Waals surface area contributed by atoms with Gasteiger partial charge in [-0.05, 0) is 35.4 Å². The zero-order valence-electron chi connectivity index (χ0n) is 14.9. The molecule has 0 aliphatic rings. The van der Waals surface area contributed by atoms with Crippen molar-refractivity contribution in [3.05, 3.63) is 65.2 Å². The normalized spacial score (nSPS) is 10.8. The molecular weight excluding hydrogens is 364 g/mol. The van der Waals surface area contributed by atoms with Gasteiger partial charge in [-0.2, -0.15) is 5.26 Å². The van der Waals surface area contributed by atoms with Gasteiger partial charge in [0.2, 0.25) is 0 Å². The number of hydrogen-bond acceptors (Lipinski definition) is 6. The molecule has 0 unspecified atom stereocenters. The minimum atomic E-state index is -3.11. The van der Waals surface area contributed by atoms with Gasteiger partial charge in [-0.3, -0.25) is 9.59 Å². The molecule has 0 aliphatic carbocycles. The number of rotatable bonds is 9. The van der Waals surface area contributed by atoms with Crippen LogP contribution in [0.5, 0.6) is 0 Å². The number of nitrogens with one attached hydrogen (secondary N) is 1. The second kappa shape index (κ2) is 9.10. The fourth-order valence-corrected chi connectivity index (χ4v) is 2.88. The smallest absolute Gasteiger partial charge is 0.165 e. The molecule has 0 bridgehead atoms. The number of benzene rings is 2. The van der Waals surface area contributed by atoms with Crippen LogP contribution < -0.4 is 5.32 Å². The van der Waals surface area contributed by atoms with Crippen LogP contribution in [0.1, 0.15) is 23.1 Å². The zero-order chi connectivity index (χ0) is 19.9. The summed E-state index contributed by atoms with van der Waals surface area (Å²) in [6.07, 6.45) is 1.30. The van der Waals surface area contributed by atoms with E-state index in [1.165, 1.54) is 0 Å². The Balaban J connectivity index is 1.83. The van der Waals surface area contributed by atoms with E-state index in [0.29, 0.717) is 11.3 Å². The predicted molar refractivity (Wildman–Crippen MR) is 103 cm³/mol. The molecule has 0 heterocycles. The molecule has 0 radical (unpaired) electrons.